The number of thioether (sulfide) groups is 1. The van der Waals surface area contributed by atoms with Crippen LogP contribution in [-0.4, -0.2) is 59.7 Å². The van der Waals surface area contributed by atoms with Gasteiger partial charge in [-0.3, -0.25) is 9.59 Å². The predicted octanol–water partition coefficient (Wildman–Crippen LogP) is 1.26. The van der Waals surface area contributed by atoms with Gasteiger partial charge in [-0.2, -0.15) is 0 Å². The third kappa shape index (κ3) is 4.88. The van der Waals surface area contributed by atoms with E-state index in [0.29, 0.717) is 11.8 Å². The third-order valence-electron chi connectivity index (χ3n) is 3.02. The van der Waals surface area contributed by atoms with Crippen molar-refractivity contribution < 1.29 is 14.3 Å². The lowest BCUT2D eigenvalue weighted by Crippen LogP contribution is -2.36. The minimum Gasteiger partial charge on any atom is -0.494 e. The van der Waals surface area contributed by atoms with E-state index in [2.05, 4.69) is 15.3 Å². The van der Waals surface area contributed by atoms with Crippen molar-refractivity contribution in [1.29, 1.82) is 0 Å². The second-order valence-corrected chi connectivity index (χ2v) is 5.97. The highest BCUT2D eigenvalue weighted by Gasteiger charge is 2.10. The Morgan fingerprint density at radius 2 is 2.17 bits per heavy atom. The van der Waals surface area contributed by atoms with Crippen molar-refractivity contribution in [2.45, 2.75) is 12.1 Å². The zero-order chi connectivity index (χ0) is 16.8. The average Bonchev–Trinajstić information content (AvgIpc) is 2.92. The number of nitrogens with zero attached hydrogens (tertiary/aromatic N) is 2. The molecular weight excluding hydrogens is 316 g/mol. The molecule has 2 aromatic rings. The van der Waals surface area contributed by atoms with E-state index in [1.165, 1.54) is 16.7 Å². The number of ether oxygens (including phenoxy) is 1. The van der Waals surface area contributed by atoms with Gasteiger partial charge in [0.25, 0.3) is 0 Å². The van der Waals surface area contributed by atoms with Crippen LogP contribution in [0.5, 0.6) is 5.75 Å². The zero-order valence-corrected chi connectivity index (χ0v) is 14.2. The highest BCUT2D eigenvalue weighted by atomic mass is 32.2. The molecule has 1 heterocycles. The van der Waals surface area contributed by atoms with Crippen molar-refractivity contribution in [3.8, 4) is 5.75 Å². The smallest absolute Gasteiger partial charge is 0.241 e. The van der Waals surface area contributed by atoms with Crippen LogP contribution in [0.3, 0.4) is 0 Å². The fourth-order valence-electron chi connectivity index (χ4n) is 1.81. The molecule has 2 rings (SSSR count). The summed E-state index contributed by atoms with van der Waals surface area (Å²) in [7, 11) is 3.29. The molecule has 0 saturated heterocycles. The maximum atomic E-state index is 11.7. The number of imidazole rings is 1. The van der Waals surface area contributed by atoms with Gasteiger partial charge in [0.15, 0.2) is 5.16 Å². The Hall–Kier alpha value is -2.22. The van der Waals surface area contributed by atoms with Crippen molar-refractivity contribution in [2.24, 2.45) is 0 Å². The standard InChI is InChI=1S/C15H20N4O3S/c1-4-22-10-5-6-11-12(7-10)18-15(17-11)23-9-13(20)16-8-14(21)19(2)3/h5-7H,4,8-9H2,1-3H3,(H,16,20)(H,17,18). The Morgan fingerprint density at radius 1 is 1.39 bits per heavy atom. The molecule has 2 amide bonds. The van der Waals surface area contributed by atoms with E-state index in [9.17, 15) is 9.59 Å². The molecular formula is C15H20N4O3S. The number of aromatic nitrogens is 2. The molecule has 7 nitrogen and oxygen atoms in total. The van der Waals surface area contributed by atoms with Crippen LogP contribution in [0.15, 0.2) is 23.4 Å². The Morgan fingerprint density at radius 3 is 2.87 bits per heavy atom. The second kappa shape index (κ2) is 7.87. The maximum absolute atomic E-state index is 11.7. The molecule has 0 fully saturated rings. The van der Waals surface area contributed by atoms with Crippen LogP contribution in [-0.2, 0) is 9.59 Å². The first kappa shape index (κ1) is 17.1. The van der Waals surface area contributed by atoms with Crippen LogP contribution >= 0.6 is 11.8 Å². The first-order valence-electron chi connectivity index (χ1n) is 7.21. The quantitative estimate of drug-likeness (QED) is 0.743. The van der Waals surface area contributed by atoms with Crippen LogP contribution < -0.4 is 10.1 Å². The van der Waals surface area contributed by atoms with Crippen molar-refractivity contribution in [2.75, 3.05) is 33.0 Å². The first-order chi connectivity index (χ1) is 11.0. The summed E-state index contributed by atoms with van der Waals surface area (Å²) in [5, 5.41) is 3.24. The molecule has 8 heteroatoms. The molecule has 0 unspecified atom stereocenters. The molecule has 1 aromatic carbocycles. The summed E-state index contributed by atoms with van der Waals surface area (Å²) in [6.07, 6.45) is 0. The van der Waals surface area contributed by atoms with Crippen LogP contribution in [0, 0.1) is 0 Å². The molecule has 2 N–H and O–H groups in total. The number of rotatable bonds is 7. The SMILES string of the molecule is CCOc1ccc2nc(SCC(=O)NCC(=O)N(C)C)[nH]c2c1. The van der Waals surface area contributed by atoms with E-state index in [-0.39, 0.29) is 24.1 Å². The van der Waals surface area contributed by atoms with Gasteiger partial charge in [-0.1, -0.05) is 11.8 Å². The summed E-state index contributed by atoms with van der Waals surface area (Å²) in [5.74, 6) is 0.620. The normalized spacial score (nSPS) is 10.6. The van der Waals surface area contributed by atoms with E-state index in [1.54, 1.807) is 14.1 Å². The van der Waals surface area contributed by atoms with E-state index in [4.69, 9.17) is 4.74 Å². The molecule has 0 atom stereocenters. The van der Waals surface area contributed by atoms with Gasteiger partial charge in [0.1, 0.15) is 5.75 Å². The van der Waals surface area contributed by atoms with Gasteiger partial charge in [-0.05, 0) is 19.1 Å². The number of fused-ring (bicyclic) bond motifs is 1. The molecule has 23 heavy (non-hydrogen) atoms. The van der Waals surface area contributed by atoms with Gasteiger partial charge in [-0.25, -0.2) is 4.98 Å². The van der Waals surface area contributed by atoms with E-state index in [1.807, 2.05) is 25.1 Å². The van der Waals surface area contributed by atoms with Gasteiger partial charge in [0.05, 0.1) is 29.9 Å². The molecule has 0 aliphatic heterocycles. The summed E-state index contributed by atoms with van der Waals surface area (Å²) in [5.41, 5.74) is 1.68. The Labute approximate surface area is 138 Å². The number of carbonyl (C=O) groups is 2. The lowest BCUT2D eigenvalue weighted by Gasteiger charge is -2.10. The third-order valence-corrected chi connectivity index (χ3v) is 3.89. The lowest BCUT2D eigenvalue weighted by molar-refractivity contribution is -0.130. The van der Waals surface area contributed by atoms with Crippen molar-refractivity contribution in [1.82, 2.24) is 20.2 Å². The number of hydrogen-bond acceptors (Lipinski definition) is 5. The fraction of sp³-hybridized carbons (Fsp3) is 0.400. The molecule has 0 bridgehead atoms. The predicted molar refractivity (Wildman–Crippen MR) is 89.7 cm³/mol. The van der Waals surface area contributed by atoms with E-state index < -0.39 is 0 Å². The molecule has 1 aromatic heterocycles. The summed E-state index contributed by atoms with van der Waals surface area (Å²) in [4.78, 5) is 32.1. The molecule has 0 radical (unpaired) electrons. The number of benzene rings is 1. The average molecular weight is 336 g/mol. The Kier molecular flexibility index (Phi) is 5.86. The summed E-state index contributed by atoms with van der Waals surface area (Å²) in [6, 6.07) is 5.61. The van der Waals surface area contributed by atoms with Crippen LogP contribution in [0.4, 0.5) is 0 Å². The van der Waals surface area contributed by atoms with Crippen molar-refractivity contribution in [3.05, 3.63) is 18.2 Å². The highest BCUT2D eigenvalue weighted by Crippen LogP contribution is 2.23. The molecule has 0 aliphatic carbocycles. The Bertz CT molecular complexity index is 699. The Balaban J connectivity index is 1.89. The summed E-state index contributed by atoms with van der Waals surface area (Å²) >= 11 is 1.29. The second-order valence-electron chi connectivity index (χ2n) is 5.01. The lowest BCUT2D eigenvalue weighted by atomic mass is 10.3. The van der Waals surface area contributed by atoms with Crippen molar-refractivity contribution >= 4 is 34.6 Å². The first-order valence-corrected chi connectivity index (χ1v) is 8.20. The minimum atomic E-state index is -0.208. The monoisotopic (exact) mass is 336 g/mol. The van der Waals surface area contributed by atoms with Crippen LogP contribution in [0.25, 0.3) is 11.0 Å². The minimum absolute atomic E-state index is 0.00421. The highest BCUT2D eigenvalue weighted by molar-refractivity contribution is 7.99. The van der Waals surface area contributed by atoms with E-state index in [0.717, 1.165) is 16.8 Å². The van der Waals surface area contributed by atoms with Crippen LogP contribution in [0.2, 0.25) is 0 Å². The maximum Gasteiger partial charge on any atom is 0.241 e. The van der Waals surface area contributed by atoms with Crippen molar-refractivity contribution in [3.63, 3.8) is 0 Å². The van der Waals surface area contributed by atoms with Gasteiger partial charge in [-0.15, -0.1) is 0 Å². The van der Waals surface area contributed by atoms with Gasteiger partial charge < -0.3 is 19.9 Å². The topological polar surface area (TPSA) is 87.3 Å². The number of hydrogen-bond donors (Lipinski definition) is 2. The number of likely N-dealkylation sites (N-methyl/N-ethyl adjacent to an activating group) is 1. The van der Waals surface area contributed by atoms with Crippen LogP contribution in [0.1, 0.15) is 6.92 Å². The zero-order valence-electron chi connectivity index (χ0n) is 13.4. The largest absolute Gasteiger partial charge is 0.494 e. The van der Waals surface area contributed by atoms with Gasteiger partial charge in [0.2, 0.25) is 11.8 Å². The fourth-order valence-corrected chi connectivity index (χ4v) is 2.52. The number of aromatic amines is 1. The molecule has 0 aliphatic rings. The van der Waals surface area contributed by atoms with E-state index >= 15 is 0 Å². The molecule has 0 saturated carbocycles. The molecule has 124 valence electrons. The van der Waals surface area contributed by atoms with Gasteiger partial charge >= 0.3 is 0 Å². The number of amides is 2. The molecule has 0 spiro atoms. The number of H-pyrrole nitrogens is 1. The number of nitrogens with one attached hydrogen (secondary N) is 2. The van der Waals surface area contributed by atoms with Gasteiger partial charge in [0, 0.05) is 20.2 Å². The number of carbonyl (C=O) groups excluding carboxylic acids is 2. The summed E-state index contributed by atoms with van der Waals surface area (Å²) < 4.78 is 5.44. The summed E-state index contributed by atoms with van der Waals surface area (Å²) in [6.45, 7) is 2.54.